The normalized spacial score (nSPS) is 9.52. The fourth-order valence-electron chi connectivity index (χ4n) is 1.81. The second kappa shape index (κ2) is 8.04. The Morgan fingerprint density at radius 1 is 0.857 bits per heavy atom. The minimum atomic E-state index is 0.660. The van der Waals surface area contributed by atoms with Crippen molar-refractivity contribution in [2.75, 3.05) is 25.2 Å². The molecule has 2 aromatic rings. The number of hydrogen-bond donors (Lipinski definition) is 2. The van der Waals surface area contributed by atoms with Crippen LogP contribution in [-0.2, 0) is 0 Å². The highest BCUT2D eigenvalue weighted by Crippen LogP contribution is 2.22. The minimum Gasteiger partial charge on any atom is -0.495 e. The van der Waals surface area contributed by atoms with Gasteiger partial charge in [-0.25, -0.2) is 0 Å². The Kier molecular flexibility index (Phi) is 6.40. The van der Waals surface area contributed by atoms with Gasteiger partial charge in [-0.05, 0) is 56.2 Å². The van der Waals surface area contributed by atoms with E-state index in [1.807, 2.05) is 57.2 Å². The fraction of sp³-hybridized carbons (Fsp3) is 0.294. The summed E-state index contributed by atoms with van der Waals surface area (Å²) in [7, 11) is 1.61. The van der Waals surface area contributed by atoms with E-state index in [-0.39, 0.29) is 0 Å². The summed E-state index contributed by atoms with van der Waals surface area (Å²) in [4.78, 5) is 0. The van der Waals surface area contributed by atoms with Crippen LogP contribution in [0.15, 0.2) is 36.4 Å². The Hall–Kier alpha value is -2.36. The van der Waals surface area contributed by atoms with Crippen molar-refractivity contribution in [2.45, 2.75) is 20.8 Å². The molecule has 4 N–H and O–H groups in total. The number of rotatable bonds is 3. The molecule has 0 bridgehead atoms. The Labute approximate surface area is 126 Å². The van der Waals surface area contributed by atoms with Gasteiger partial charge in [0.15, 0.2) is 0 Å². The lowest BCUT2D eigenvalue weighted by Crippen LogP contribution is -1.96. The van der Waals surface area contributed by atoms with E-state index in [1.165, 1.54) is 0 Å². The number of aryl methyl sites for hydroxylation is 2. The summed E-state index contributed by atoms with van der Waals surface area (Å²) in [5, 5.41) is 0. The standard InChI is InChI=1S/C9H13NO.C8H11NO/c1-3-11-9-5-4-7(2)6-8(9)10;1-6-3-4-8(10-2)7(9)5-6/h4-6H,3,10H2,1-2H3;3-5H,9H2,1-2H3. The van der Waals surface area contributed by atoms with Gasteiger partial charge >= 0.3 is 0 Å². The third kappa shape index (κ3) is 5.26. The molecule has 0 aromatic heterocycles. The molecule has 4 nitrogen and oxygen atoms in total. The summed E-state index contributed by atoms with van der Waals surface area (Å²) in [5.74, 6) is 1.52. The molecule has 0 unspecified atom stereocenters. The number of anilines is 2. The summed E-state index contributed by atoms with van der Waals surface area (Å²) in [6.45, 7) is 6.61. The molecule has 0 fully saturated rings. The molecule has 2 aromatic carbocycles. The van der Waals surface area contributed by atoms with Crippen molar-refractivity contribution >= 4 is 11.4 Å². The number of methoxy groups -OCH3 is 1. The van der Waals surface area contributed by atoms with Gasteiger partial charge in [0.2, 0.25) is 0 Å². The number of benzene rings is 2. The zero-order chi connectivity index (χ0) is 15.8. The van der Waals surface area contributed by atoms with Crippen molar-refractivity contribution in [1.82, 2.24) is 0 Å². The van der Waals surface area contributed by atoms with Crippen molar-refractivity contribution in [3.63, 3.8) is 0 Å². The summed E-state index contributed by atoms with van der Waals surface area (Å²) >= 11 is 0. The molecule has 4 heteroatoms. The molecule has 21 heavy (non-hydrogen) atoms. The highest BCUT2D eigenvalue weighted by Gasteiger charge is 1.97. The van der Waals surface area contributed by atoms with E-state index in [9.17, 15) is 0 Å². The zero-order valence-corrected chi connectivity index (χ0v) is 13.1. The maximum absolute atomic E-state index is 5.68. The largest absolute Gasteiger partial charge is 0.495 e. The van der Waals surface area contributed by atoms with E-state index in [4.69, 9.17) is 20.9 Å². The first-order chi connectivity index (χ1) is 9.97. The first kappa shape index (κ1) is 16.7. The molecule has 0 saturated heterocycles. The van der Waals surface area contributed by atoms with Crippen LogP contribution in [0.5, 0.6) is 11.5 Å². The highest BCUT2D eigenvalue weighted by molar-refractivity contribution is 5.54. The Morgan fingerprint density at radius 3 is 1.71 bits per heavy atom. The molecule has 114 valence electrons. The molecular formula is C17H24N2O2. The average Bonchev–Trinajstić information content (AvgIpc) is 2.43. The maximum atomic E-state index is 5.68. The molecule has 0 heterocycles. The van der Waals surface area contributed by atoms with Crippen molar-refractivity contribution in [2.24, 2.45) is 0 Å². The van der Waals surface area contributed by atoms with E-state index in [2.05, 4.69) is 0 Å². The predicted molar refractivity (Wildman–Crippen MR) is 88.9 cm³/mol. The van der Waals surface area contributed by atoms with E-state index in [0.29, 0.717) is 18.0 Å². The topological polar surface area (TPSA) is 70.5 Å². The summed E-state index contributed by atoms with van der Waals surface area (Å²) in [6, 6.07) is 11.5. The quantitative estimate of drug-likeness (QED) is 0.847. The van der Waals surface area contributed by atoms with Crippen molar-refractivity contribution in [3.8, 4) is 11.5 Å². The van der Waals surface area contributed by atoms with Crippen molar-refractivity contribution in [3.05, 3.63) is 47.5 Å². The predicted octanol–water partition coefficient (Wildman–Crippen LogP) is 3.56. The van der Waals surface area contributed by atoms with Crippen LogP contribution in [0, 0.1) is 13.8 Å². The van der Waals surface area contributed by atoms with Crippen LogP contribution < -0.4 is 20.9 Å². The van der Waals surface area contributed by atoms with Crippen LogP contribution in [0.1, 0.15) is 18.1 Å². The molecule has 2 rings (SSSR count). The Morgan fingerprint density at radius 2 is 1.33 bits per heavy atom. The maximum Gasteiger partial charge on any atom is 0.142 e. The van der Waals surface area contributed by atoms with Crippen LogP contribution in [0.25, 0.3) is 0 Å². The highest BCUT2D eigenvalue weighted by atomic mass is 16.5. The Bertz CT molecular complexity index is 583. The number of nitrogen functional groups attached to an aromatic ring is 2. The fourth-order valence-corrected chi connectivity index (χ4v) is 1.81. The number of ether oxygens (including phenoxy) is 2. The molecule has 0 atom stereocenters. The molecule has 0 aliphatic carbocycles. The Balaban J connectivity index is 0.000000211. The third-order valence-corrected chi connectivity index (χ3v) is 2.85. The van der Waals surface area contributed by atoms with Gasteiger partial charge in [0, 0.05) is 0 Å². The summed E-state index contributed by atoms with van der Waals surface area (Å²) in [5.41, 5.74) is 15.0. The first-order valence-corrected chi connectivity index (χ1v) is 6.87. The minimum absolute atomic E-state index is 0.660. The lowest BCUT2D eigenvalue weighted by Gasteiger charge is -2.06. The smallest absolute Gasteiger partial charge is 0.142 e. The molecular weight excluding hydrogens is 264 g/mol. The average molecular weight is 288 g/mol. The van der Waals surface area contributed by atoms with Gasteiger partial charge in [-0.15, -0.1) is 0 Å². The van der Waals surface area contributed by atoms with E-state index in [0.717, 1.165) is 22.6 Å². The molecule has 0 saturated carbocycles. The van der Waals surface area contributed by atoms with Gasteiger partial charge in [-0.1, -0.05) is 12.1 Å². The van der Waals surface area contributed by atoms with E-state index in [1.54, 1.807) is 7.11 Å². The van der Waals surface area contributed by atoms with Crippen LogP contribution in [0.4, 0.5) is 11.4 Å². The third-order valence-electron chi connectivity index (χ3n) is 2.85. The lowest BCUT2D eigenvalue weighted by atomic mass is 10.2. The van der Waals surface area contributed by atoms with Gasteiger partial charge in [-0.3, -0.25) is 0 Å². The van der Waals surface area contributed by atoms with Crippen LogP contribution in [-0.4, -0.2) is 13.7 Å². The second-order valence-electron chi connectivity index (χ2n) is 4.72. The second-order valence-corrected chi connectivity index (χ2v) is 4.72. The first-order valence-electron chi connectivity index (χ1n) is 6.87. The molecule has 0 amide bonds. The van der Waals surface area contributed by atoms with Gasteiger partial charge < -0.3 is 20.9 Å². The molecule has 0 aliphatic rings. The van der Waals surface area contributed by atoms with Gasteiger partial charge in [0.05, 0.1) is 25.1 Å². The summed E-state index contributed by atoms with van der Waals surface area (Å²) < 4.78 is 10.2. The van der Waals surface area contributed by atoms with Crippen molar-refractivity contribution in [1.29, 1.82) is 0 Å². The zero-order valence-electron chi connectivity index (χ0n) is 13.1. The summed E-state index contributed by atoms with van der Waals surface area (Å²) in [6.07, 6.45) is 0. The van der Waals surface area contributed by atoms with Gasteiger partial charge in [0.1, 0.15) is 11.5 Å². The van der Waals surface area contributed by atoms with Crippen LogP contribution in [0.2, 0.25) is 0 Å². The molecule has 0 radical (unpaired) electrons. The van der Waals surface area contributed by atoms with Crippen LogP contribution in [0.3, 0.4) is 0 Å². The number of hydrogen-bond acceptors (Lipinski definition) is 4. The van der Waals surface area contributed by atoms with Gasteiger partial charge in [0.25, 0.3) is 0 Å². The molecule has 0 aliphatic heterocycles. The SMILES string of the molecule is CCOc1ccc(C)cc1N.COc1ccc(C)cc1N. The van der Waals surface area contributed by atoms with Crippen LogP contribution >= 0.6 is 0 Å². The van der Waals surface area contributed by atoms with Crippen molar-refractivity contribution < 1.29 is 9.47 Å². The number of nitrogens with two attached hydrogens (primary N) is 2. The lowest BCUT2D eigenvalue weighted by molar-refractivity contribution is 0.342. The molecule has 0 spiro atoms. The van der Waals surface area contributed by atoms with E-state index < -0.39 is 0 Å². The monoisotopic (exact) mass is 288 g/mol. The van der Waals surface area contributed by atoms with Gasteiger partial charge in [-0.2, -0.15) is 0 Å². The van der Waals surface area contributed by atoms with E-state index >= 15 is 0 Å².